The van der Waals surface area contributed by atoms with E-state index in [1.807, 2.05) is 25.1 Å². The largest absolute Gasteiger partial charge is 0.481 e. The summed E-state index contributed by atoms with van der Waals surface area (Å²) in [5.74, 6) is -2.51. The first kappa shape index (κ1) is 13.1. The van der Waals surface area contributed by atoms with Gasteiger partial charge in [-0.1, -0.05) is 12.1 Å². The molecule has 4 atom stereocenters. The molecule has 2 saturated heterocycles. The maximum Gasteiger partial charge on any atom is 0.310 e. The van der Waals surface area contributed by atoms with E-state index in [2.05, 4.69) is 5.32 Å². The Kier molecular flexibility index (Phi) is 3.22. The highest BCUT2D eigenvalue weighted by Crippen LogP contribution is 2.44. The number of carbonyl (C=O) groups is 2. The second-order valence-corrected chi connectivity index (χ2v) is 5.54. The summed E-state index contributed by atoms with van der Waals surface area (Å²) < 4.78 is 5.60. The Balaban J connectivity index is 1.78. The Bertz CT molecular complexity index is 557. The number of aliphatic carboxylic acids is 1. The van der Waals surface area contributed by atoms with Gasteiger partial charge in [-0.2, -0.15) is 0 Å². The molecule has 0 unspecified atom stereocenters. The Labute approximate surface area is 116 Å². The van der Waals surface area contributed by atoms with Crippen LogP contribution in [0.3, 0.4) is 0 Å². The standard InChI is InChI=1S/C15H17NO4/c1-8-3-2-4-9(7-8)16-14(17)12-10-5-6-11(20-10)13(12)15(18)19/h2-4,7,10-13H,5-6H2,1H3,(H,16,17)(H,18,19)/t10-,11+,12-,13+/m1/s1. The number of carboxylic acids is 1. The lowest BCUT2D eigenvalue weighted by Gasteiger charge is -2.23. The highest BCUT2D eigenvalue weighted by Gasteiger charge is 2.55. The van der Waals surface area contributed by atoms with E-state index < -0.39 is 17.8 Å². The van der Waals surface area contributed by atoms with Crippen molar-refractivity contribution in [1.29, 1.82) is 0 Å². The van der Waals surface area contributed by atoms with Crippen LogP contribution in [-0.4, -0.2) is 29.2 Å². The zero-order valence-electron chi connectivity index (χ0n) is 11.2. The summed E-state index contributed by atoms with van der Waals surface area (Å²) in [5, 5.41) is 12.1. The van der Waals surface area contributed by atoms with Gasteiger partial charge in [0.25, 0.3) is 0 Å². The molecule has 2 aliphatic heterocycles. The molecular formula is C15H17NO4. The Morgan fingerprint density at radius 1 is 1.25 bits per heavy atom. The van der Waals surface area contributed by atoms with E-state index in [0.29, 0.717) is 5.69 Å². The SMILES string of the molecule is Cc1cccc(NC(=O)[C@H]2[C@@H](C(=O)O)[C@@H]3CC[C@H]2O3)c1. The maximum absolute atomic E-state index is 12.4. The number of ether oxygens (including phenoxy) is 1. The molecule has 1 amide bonds. The topological polar surface area (TPSA) is 75.6 Å². The van der Waals surface area contributed by atoms with E-state index in [0.717, 1.165) is 18.4 Å². The van der Waals surface area contributed by atoms with Gasteiger partial charge >= 0.3 is 5.97 Å². The van der Waals surface area contributed by atoms with E-state index in [1.54, 1.807) is 6.07 Å². The number of aryl methyl sites for hydroxylation is 1. The van der Waals surface area contributed by atoms with Crippen molar-refractivity contribution in [3.05, 3.63) is 29.8 Å². The highest BCUT2D eigenvalue weighted by molar-refractivity contribution is 5.96. The number of anilines is 1. The lowest BCUT2D eigenvalue weighted by molar-refractivity contribution is -0.147. The van der Waals surface area contributed by atoms with Gasteiger partial charge in [0.2, 0.25) is 5.91 Å². The number of carbonyl (C=O) groups excluding carboxylic acids is 1. The average molecular weight is 275 g/mol. The summed E-state index contributed by atoms with van der Waals surface area (Å²) in [6.07, 6.45) is 0.924. The summed E-state index contributed by atoms with van der Waals surface area (Å²) in [4.78, 5) is 23.7. The van der Waals surface area contributed by atoms with Crippen molar-refractivity contribution in [2.75, 3.05) is 5.32 Å². The fourth-order valence-corrected chi connectivity index (χ4v) is 3.27. The molecular weight excluding hydrogens is 258 g/mol. The Hall–Kier alpha value is -1.88. The first-order valence-corrected chi connectivity index (χ1v) is 6.82. The predicted molar refractivity (Wildman–Crippen MR) is 72.3 cm³/mol. The number of rotatable bonds is 3. The predicted octanol–water partition coefficient (Wildman–Crippen LogP) is 1.81. The smallest absolute Gasteiger partial charge is 0.310 e. The molecule has 2 fully saturated rings. The molecule has 1 aromatic rings. The number of carboxylic acid groups (broad SMARTS) is 1. The van der Waals surface area contributed by atoms with Gasteiger partial charge in [-0.05, 0) is 37.5 Å². The van der Waals surface area contributed by atoms with Gasteiger partial charge in [0.15, 0.2) is 0 Å². The monoisotopic (exact) mass is 275 g/mol. The zero-order chi connectivity index (χ0) is 14.3. The van der Waals surface area contributed by atoms with Crippen LogP contribution < -0.4 is 5.32 Å². The van der Waals surface area contributed by atoms with Crippen molar-refractivity contribution in [3.8, 4) is 0 Å². The fourth-order valence-electron chi connectivity index (χ4n) is 3.27. The number of hydrogen-bond donors (Lipinski definition) is 2. The normalized spacial score (nSPS) is 31.2. The molecule has 106 valence electrons. The summed E-state index contributed by atoms with van der Waals surface area (Å²) in [6.45, 7) is 1.94. The molecule has 1 aromatic carbocycles. The molecule has 2 bridgehead atoms. The number of hydrogen-bond acceptors (Lipinski definition) is 3. The summed E-state index contributed by atoms with van der Waals surface area (Å²) in [6, 6.07) is 7.46. The molecule has 2 heterocycles. The number of nitrogens with one attached hydrogen (secondary N) is 1. The third-order valence-electron chi connectivity index (χ3n) is 4.15. The minimum absolute atomic E-state index is 0.254. The third-order valence-corrected chi connectivity index (χ3v) is 4.15. The first-order chi connectivity index (χ1) is 9.56. The van der Waals surface area contributed by atoms with Crippen LogP contribution in [-0.2, 0) is 14.3 Å². The van der Waals surface area contributed by atoms with Crippen molar-refractivity contribution < 1.29 is 19.4 Å². The highest BCUT2D eigenvalue weighted by atomic mass is 16.5. The lowest BCUT2D eigenvalue weighted by Crippen LogP contribution is -2.40. The number of fused-ring (bicyclic) bond motifs is 2. The van der Waals surface area contributed by atoms with Crippen molar-refractivity contribution in [3.63, 3.8) is 0 Å². The van der Waals surface area contributed by atoms with Crippen LogP contribution in [0.2, 0.25) is 0 Å². The molecule has 2 N–H and O–H groups in total. The van der Waals surface area contributed by atoms with E-state index in [1.165, 1.54) is 0 Å². The number of benzene rings is 1. The second-order valence-electron chi connectivity index (χ2n) is 5.54. The van der Waals surface area contributed by atoms with Gasteiger partial charge in [0, 0.05) is 5.69 Å². The quantitative estimate of drug-likeness (QED) is 0.882. The van der Waals surface area contributed by atoms with E-state index >= 15 is 0 Å². The van der Waals surface area contributed by atoms with Gasteiger partial charge < -0.3 is 15.2 Å². The van der Waals surface area contributed by atoms with Gasteiger partial charge in [0.05, 0.1) is 24.0 Å². The Morgan fingerprint density at radius 3 is 2.60 bits per heavy atom. The van der Waals surface area contributed by atoms with Gasteiger partial charge in [-0.3, -0.25) is 9.59 Å². The van der Waals surface area contributed by atoms with E-state index in [4.69, 9.17) is 4.74 Å². The van der Waals surface area contributed by atoms with Crippen LogP contribution in [0.1, 0.15) is 18.4 Å². The molecule has 0 radical (unpaired) electrons. The van der Waals surface area contributed by atoms with Gasteiger partial charge in [-0.15, -0.1) is 0 Å². The molecule has 0 saturated carbocycles. The molecule has 0 spiro atoms. The maximum atomic E-state index is 12.4. The zero-order valence-corrected chi connectivity index (χ0v) is 11.2. The number of amides is 1. The fraction of sp³-hybridized carbons (Fsp3) is 0.467. The van der Waals surface area contributed by atoms with E-state index in [-0.39, 0.29) is 18.1 Å². The molecule has 5 nitrogen and oxygen atoms in total. The van der Waals surface area contributed by atoms with Crippen molar-refractivity contribution >= 4 is 17.6 Å². The van der Waals surface area contributed by atoms with E-state index in [9.17, 15) is 14.7 Å². The molecule has 0 aliphatic carbocycles. The van der Waals surface area contributed by atoms with Crippen LogP contribution in [0, 0.1) is 18.8 Å². The minimum Gasteiger partial charge on any atom is -0.481 e. The van der Waals surface area contributed by atoms with Crippen molar-refractivity contribution in [2.24, 2.45) is 11.8 Å². The van der Waals surface area contributed by atoms with Gasteiger partial charge in [-0.25, -0.2) is 0 Å². The molecule has 5 heteroatoms. The average Bonchev–Trinajstić information content (AvgIpc) is 2.98. The Morgan fingerprint density at radius 2 is 1.95 bits per heavy atom. The second kappa shape index (κ2) is 4.90. The molecule has 20 heavy (non-hydrogen) atoms. The minimum atomic E-state index is -0.943. The summed E-state index contributed by atoms with van der Waals surface area (Å²) >= 11 is 0. The molecule has 3 rings (SSSR count). The van der Waals surface area contributed by atoms with Crippen molar-refractivity contribution in [2.45, 2.75) is 32.0 Å². The van der Waals surface area contributed by atoms with Crippen LogP contribution in [0.4, 0.5) is 5.69 Å². The van der Waals surface area contributed by atoms with Crippen LogP contribution in [0.15, 0.2) is 24.3 Å². The molecule has 2 aliphatic rings. The molecule has 0 aromatic heterocycles. The summed E-state index contributed by atoms with van der Waals surface area (Å²) in [5.41, 5.74) is 1.74. The van der Waals surface area contributed by atoms with Crippen LogP contribution in [0.5, 0.6) is 0 Å². The lowest BCUT2D eigenvalue weighted by atomic mass is 9.78. The summed E-state index contributed by atoms with van der Waals surface area (Å²) in [7, 11) is 0. The van der Waals surface area contributed by atoms with Gasteiger partial charge in [0.1, 0.15) is 0 Å². The third kappa shape index (κ3) is 2.18. The first-order valence-electron chi connectivity index (χ1n) is 6.82. The van der Waals surface area contributed by atoms with Crippen molar-refractivity contribution in [1.82, 2.24) is 0 Å². The van der Waals surface area contributed by atoms with Crippen LogP contribution in [0.25, 0.3) is 0 Å². The van der Waals surface area contributed by atoms with Crippen LogP contribution >= 0.6 is 0 Å².